The Bertz CT molecular complexity index is 758. The molecule has 8 heteroatoms. The third kappa shape index (κ3) is 4.95. The molecule has 0 saturated carbocycles. The van der Waals surface area contributed by atoms with Crippen molar-refractivity contribution in [1.29, 1.82) is 0 Å². The summed E-state index contributed by atoms with van der Waals surface area (Å²) in [5, 5.41) is 4.57. The normalized spacial score (nSPS) is 13.4. The minimum absolute atomic E-state index is 0.159. The van der Waals surface area contributed by atoms with E-state index in [0.29, 0.717) is 10.6 Å². The van der Waals surface area contributed by atoms with E-state index in [9.17, 15) is 14.4 Å². The number of aryl methyl sites for hydroxylation is 2. The third-order valence-electron chi connectivity index (χ3n) is 4.04. The van der Waals surface area contributed by atoms with Gasteiger partial charge < -0.3 is 14.5 Å². The fraction of sp³-hybridized carbons (Fsp3) is 0.389. The number of amides is 3. The van der Waals surface area contributed by atoms with Gasteiger partial charge in [-0.3, -0.25) is 10.1 Å². The third-order valence-corrected chi connectivity index (χ3v) is 5.26. The molecule has 2 aromatic heterocycles. The molecule has 0 spiro atoms. The quantitative estimate of drug-likeness (QED) is 0.618. The smallest absolute Gasteiger partial charge is 0.348 e. The Morgan fingerprint density at radius 3 is 2.85 bits per heavy atom. The molecule has 0 saturated heterocycles. The van der Waals surface area contributed by atoms with Crippen molar-refractivity contribution in [2.45, 2.75) is 38.6 Å². The molecule has 0 radical (unpaired) electrons. The lowest BCUT2D eigenvalue weighted by Crippen LogP contribution is -2.41. The lowest BCUT2D eigenvalue weighted by Gasteiger charge is -2.06. The van der Waals surface area contributed by atoms with Crippen LogP contribution >= 0.6 is 11.3 Å². The molecular formula is C18H20N2O5S. The van der Waals surface area contributed by atoms with Gasteiger partial charge in [-0.2, -0.15) is 0 Å². The summed E-state index contributed by atoms with van der Waals surface area (Å²) in [4.78, 5) is 37.2. The maximum Gasteiger partial charge on any atom is 0.348 e. The first kappa shape index (κ1) is 18.2. The first-order chi connectivity index (χ1) is 12.6. The van der Waals surface area contributed by atoms with Gasteiger partial charge in [-0.1, -0.05) is 6.42 Å². The number of ether oxygens (including phenoxy) is 1. The molecule has 3 rings (SSSR count). The maximum atomic E-state index is 12.1. The Balaban J connectivity index is 1.42. The van der Waals surface area contributed by atoms with Crippen molar-refractivity contribution < 1.29 is 23.5 Å². The van der Waals surface area contributed by atoms with Gasteiger partial charge >= 0.3 is 12.0 Å². The van der Waals surface area contributed by atoms with E-state index in [1.54, 1.807) is 12.1 Å². The van der Waals surface area contributed by atoms with E-state index in [4.69, 9.17) is 9.15 Å². The molecule has 1 aliphatic carbocycles. The Hall–Kier alpha value is -2.61. The van der Waals surface area contributed by atoms with Crippen molar-refractivity contribution in [2.24, 2.45) is 0 Å². The minimum atomic E-state index is -0.687. The number of hydrogen-bond acceptors (Lipinski definition) is 6. The molecule has 0 fully saturated rings. The molecule has 2 heterocycles. The highest BCUT2D eigenvalue weighted by atomic mass is 32.1. The molecule has 0 atom stereocenters. The fourth-order valence-corrected chi connectivity index (χ4v) is 3.91. The van der Waals surface area contributed by atoms with Gasteiger partial charge in [-0.25, -0.2) is 9.59 Å². The van der Waals surface area contributed by atoms with E-state index in [2.05, 4.69) is 10.6 Å². The number of nitrogens with one attached hydrogen (secondary N) is 2. The summed E-state index contributed by atoms with van der Waals surface area (Å²) in [6, 6.07) is 4.59. The van der Waals surface area contributed by atoms with Crippen LogP contribution in [0.5, 0.6) is 0 Å². The zero-order valence-electron chi connectivity index (χ0n) is 14.2. The van der Waals surface area contributed by atoms with E-state index < -0.39 is 24.5 Å². The minimum Gasteiger partial charge on any atom is -0.467 e. The van der Waals surface area contributed by atoms with E-state index in [-0.39, 0.29) is 6.54 Å². The highest BCUT2D eigenvalue weighted by Gasteiger charge is 2.18. The van der Waals surface area contributed by atoms with Crippen molar-refractivity contribution >= 4 is 29.2 Å². The predicted molar refractivity (Wildman–Crippen MR) is 94.9 cm³/mol. The van der Waals surface area contributed by atoms with E-state index in [0.717, 1.165) is 25.7 Å². The van der Waals surface area contributed by atoms with E-state index >= 15 is 0 Å². The average Bonchev–Trinajstić information content (AvgIpc) is 3.24. The molecule has 26 heavy (non-hydrogen) atoms. The standard InChI is InChI=1S/C18H20N2O5S/c21-16(20-18(23)19-10-13-6-4-8-24-13)11-25-17(22)15-9-12-5-2-1-3-7-14(12)26-15/h4,6,8-9H,1-3,5,7,10-11H2,(H2,19,20,21,23). The average molecular weight is 376 g/mol. The van der Waals surface area contributed by atoms with Crippen LogP contribution in [0, 0.1) is 0 Å². The first-order valence-electron chi connectivity index (χ1n) is 8.50. The molecule has 2 N–H and O–H groups in total. The largest absolute Gasteiger partial charge is 0.467 e. The molecule has 1 aliphatic rings. The van der Waals surface area contributed by atoms with Crippen LogP contribution in [0.1, 0.15) is 45.1 Å². The van der Waals surface area contributed by atoms with Crippen molar-refractivity contribution in [3.8, 4) is 0 Å². The number of carbonyl (C=O) groups is 3. The molecule has 0 aliphatic heterocycles. The Kier molecular flexibility index (Phi) is 6.06. The van der Waals surface area contributed by atoms with Gasteiger partial charge in [0.1, 0.15) is 10.6 Å². The van der Waals surface area contributed by atoms with Crippen LogP contribution in [0.2, 0.25) is 0 Å². The van der Waals surface area contributed by atoms with Crippen LogP contribution in [0.4, 0.5) is 4.79 Å². The number of rotatable bonds is 5. The zero-order valence-corrected chi connectivity index (χ0v) is 15.0. The Morgan fingerprint density at radius 1 is 1.19 bits per heavy atom. The summed E-state index contributed by atoms with van der Waals surface area (Å²) in [5.74, 6) is -0.654. The van der Waals surface area contributed by atoms with Gasteiger partial charge in [-0.15, -0.1) is 11.3 Å². The fourth-order valence-electron chi connectivity index (χ4n) is 2.76. The molecule has 0 bridgehead atoms. The van der Waals surface area contributed by atoms with Crippen LogP contribution in [0.3, 0.4) is 0 Å². The number of fused-ring (bicyclic) bond motifs is 1. The van der Waals surface area contributed by atoms with Crippen LogP contribution in [-0.4, -0.2) is 24.5 Å². The zero-order chi connectivity index (χ0) is 18.4. The maximum absolute atomic E-state index is 12.1. The van der Waals surface area contributed by atoms with Crippen molar-refractivity contribution in [2.75, 3.05) is 6.61 Å². The van der Waals surface area contributed by atoms with Gasteiger partial charge in [-0.05, 0) is 49.4 Å². The number of urea groups is 1. The van der Waals surface area contributed by atoms with Gasteiger partial charge in [0.05, 0.1) is 12.8 Å². The molecule has 0 aromatic carbocycles. The topological polar surface area (TPSA) is 97.6 Å². The number of hydrogen-bond donors (Lipinski definition) is 2. The second-order valence-electron chi connectivity index (χ2n) is 6.01. The molecular weight excluding hydrogens is 356 g/mol. The van der Waals surface area contributed by atoms with Gasteiger partial charge in [0.25, 0.3) is 5.91 Å². The molecule has 7 nitrogen and oxygen atoms in total. The molecule has 2 aromatic rings. The first-order valence-corrected chi connectivity index (χ1v) is 9.32. The summed E-state index contributed by atoms with van der Waals surface area (Å²) >= 11 is 1.43. The molecule has 0 unspecified atom stereocenters. The number of thiophene rings is 1. The summed E-state index contributed by atoms with van der Waals surface area (Å²) in [5.41, 5.74) is 1.21. The highest BCUT2D eigenvalue weighted by Crippen LogP contribution is 2.29. The predicted octanol–water partition coefficient (Wildman–Crippen LogP) is 2.79. The summed E-state index contributed by atoms with van der Waals surface area (Å²) < 4.78 is 10.1. The monoisotopic (exact) mass is 376 g/mol. The summed E-state index contributed by atoms with van der Waals surface area (Å²) in [6.45, 7) is -0.345. The Morgan fingerprint density at radius 2 is 2.04 bits per heavy atom. The molecule has 3 amide bonds. The van der Waals surface area contributed by atoms with E-state index in [1.165, 1.54) is 34.5 Å². The number of carbonyl (C=O) groups excluding carboxylic acids is 3. The van der Waals surface area contributed by atoms with Crippen LogP contribution in [-0.2, 0) is 28.9 Å². The van der Waals surface area contributed by atoms with Crippen molar-refractivity contribution in [1.82, 2.24) is 10.6 Å². The van der Waals surface area contributed by atoms with Crippen LogP contribution in [0.15, 0.2) is 28.9 Å². The lowest BCUT2D eigenvalue weighted by atomic mass is 10.1. The molecule has 138 valence electrons. The van der Waals surface area contributed by atoms with Crippen molar-refractivity contribution in [3.63, 3.8) is 0 Å². The number of esters is 1. The number of imide groups is 1. The summed E-state index contributed by atoms with van der Waals surface area (Å²) in [6.07, 6.45) is 6.94. The lowest BCUT2D eigenvalue weighted by molar-refractivity contribution is -0.123. The van der Waals surface area contributed by atoms with Crippen LogP contribution < -0.4 is 10.6 Å². The second kappa shape index (κ2) is 8.66. The van der Waals surface area contributed by atoms with Gasteiger partial charge in [0, 0.05) is 4.88 Å². The number of furan rings is 1. The van der Waals surface area contributed by atoms with Crippen LogP contribution in [0.25, 0.3) is 0 Å². The van der Waals surface area contributed by atoms with Crippen molar-refractivity contribution in [3.05, 3.63) is 45.5 Å². The van der Waals surface area contributed by atoms with Gasteiger partial charge in [0.15, 0.2) is 6.61 Å². The van der Waals surface area contributed by atoms with E-state index in [1.807, 2.05) is 6.07 Å². The SMILES string of the molecule is O=C(COC(=O)c1cc2c(s1)CCCCC2)NC(=O)NCc1ccco1. The summed E-state index contributed by atoms with van der Waals surface area (Å²) in [7, 11) is 0. The highest BCUT2D eigenvalue weighted by molar-refractivity contribution is 7.14. The second-order valence-corrected chi connectivity index (χ2v) is 7.14. The Labute approximate surface area is 154 Å². The van der Waals surface area contributed by atoms with Gasteiger partial charge in [0.2, 0.25) is 0 Å².